The Morgan fingerprint density at radius 1 is 1.00 bits per heavy atom. The van der Waals surface area contributed by atoms with Crippen LogP contribution in [0.1, 0.15) is 56.4 Å². The van der Waals surface area contributed by atoms with Gasteiger partial charge in [-0.15, -0.1) is 0 Å². The average molecular weight is 431 g/mol. The van der Waals surface area contributed by atoms with Crippen molar-refractivity contribution in [1.29, 1.82) is 0 Å². The van der Waals surface area contributed by atoms with Crippen molar-refractivity contribution in [3.05, 3.63) is 47.2 Å². The lowest BCUT2D eigenvalue weighted by Gasteiger charge is -2.14. The van der Waals surface area contributed by atoms with Crippen LogP contribution in [0.2, 0.25) is 0 Å². The SMILES string of the molecule is C/C=C/COc1cc(C)c(OCCCCCCOc2cc(/C(C)=N/OC)on2)c(C)c1. The van der Waals surface area contributed by atoms with Crippen LogP contribution in [-0.2, 0) is 4.84 Å². The lowest BCUT2D eigenvalue weighted by atomic mass is 10.1. The Morgan fingerprint density at radius 2 is 1.68 bits per heavy atom. The smallest absolute Gasteiger partial charge is 0.254 e. The Labute approximate surface area is 185 Å². The normalized spacial score (nSPS) is 11.7. The Hall–Kier alpha value is -2.96. The fourth-order valence-electron chi connectivity index (χ4n) is 3.05. The fraction of sp³-hybridized carbons (Fsp3) is 0.500. The van der Waals surface area contributed by atoms with Crippen molar-refractivity contribution >= 4 is 5.71 Å². The molecular weight excluding hydrogens is 396 g/mol. The van der Waals surface area contributed by atoms with Crippen LogP contribution in [0.4, 0.5) is 0 Å². The molecule has 31 heavy (non-hydrogen) atoms. The molecule has 0 spiro atoms. The van der Waals surface area contributed by atoms with E-state index in [4.69, 9.17) is 23.6 Å². The predicted octanol–water partition coefficient (Wildman–Crippen LogP) is 5.63. The summed E-state index contributed by atoms with van der Waals surface area (Å²) in [5, 5.41) is 7.68. The standard InChI is InChI=1S/C24H34N2O5/c1-6-7-12-28-21-15-18(2)24(19(3)16-21)30-14-11-9-8-10-13-29-23-17-22(31-26-23)20(4)25-27-5/h6-7,15-17H,8-14H2,1-5H3/b7-6+,25-20+. The zero-order valence-electron chi connectivity index (χ0n) is 19.3. The summed E-state index contributed by atoms with van der Waals surface area (Å²) in [5.74, 6) is 2.83. The van der Waals surface area contributed by atoms with Gasteiger partial charge in [-0.2, -0.15) is 0 Å². The van der Waals surface area contributed by atoms with Gasteiger partial charge in [-0.25, -0.2) is 0 Å². The maximum Gasteiger partial charge on any atom is 0.254 e. The minimum Gasteiger partial charge on any atom is -0.493 e. The molecule has 1 aromatic heterocycles. The number of benzene rings is 1. The van der Waals surface area contributed by atoms with Gasteiger partial charge < -0.3 is 23.6 Å². The summed E-state index contributed by atoms with van der Waals surface area (Å²) in [7, 11) is 1.49. The van der Waals surface area contributed by atoms with Gasteiger partial charge in [0.1, 0.15) is 30.9 Å². The summed E-state index contributed by atoms with van der Waals surface area (Å²) in [6.45, 7) is 9.76. The highest BCUT2D eigenvalue weighted by Gasteiger charge is 2.09. The molecule has 1 heterocycles. The number of nitrogens with zero attached hydrogens (tertiary/aromatic N) is 2. The molecule has 2 aromatic rings. The first kappa shape index (κ1) is 24.3. The molecule has 0 radical (unpaired) electrons. The van der Waals surface area contributed by atoms with E-state index in [1.165, 1.54) is 7.11 Å². The largest absolute Gasteiger partial charge is 0.493 e. The van der Waals surface area contributed by atoms with E-state index in [9.17, 15) is 0 Å². The highest BCUT2D eigenvalue weighted by atomic mass is 16.6. The number of aromatic nitrogens is 1. The topological polar surface area (TPSA) is 75.3 Å². The molecule has 7 nitrogen and oxygen atoms in total. The molecule has 0 saturated carbocycles. The van der Waals surface area contributed by atoms with Crippen LogP contribution in [0, 0.1) is 13.8 Å². The first-order valence-electron chi connectivity index (χ1n) is 10.7. The number of unbranched alkanes of at least 4 members (excludes halogenated alkanes) is 3. The third-order valence-corrected chi connectivity index (χ3v) is 4.62. The van der Waals surface area contributed by atoms with Crippen molar-refractivity contribution in [3.63, 3.8) is 0 Å². The monoisotopic (exact) mass is 430 g/mol. The van der Waals surface area contributed by atoms with Crippen LogP contribution in [0.5, 0.6) is 17.4 Å². The molecule has 0 fully saturated rings. The average Bonchev–Trinajstić information content (AvgIpc) is 3.21. The quantitative estimate of drug-likeness (QED) is 0.167. The zero-order chi connectivity index (χ0) is 22.5. The summed E-state index contributed by atoms with van der Waals surface area (Å²) in [5.41, 5.74) is 2.81. The van der Waals surface area contributed by atoms with Gasteiger partial charge in [0.25, 0.3) is 5.88 Å². The molecule has 0 bridgehead atoms. The maximum atomic E-state index is 6.02. The molecule has 0 N–H and O–H groups in total. The van der Waals surface area contributed by atoms with Gasteiger partial charge in [0, 0.05) is 0 Å². The Balaban J connectivity index is 1.62. The van der Waals surface area contributed by atoms with Gasteiger partial charge >= 0.3 is 0 Å². The summed E-state index contributed by atoms with van der Waals surface area (Å²) in [4.78, 5) is 4.72. The molecule has 0 aliphatic rings. The first-order valence-corrected chi connectivity index (χ1v) is 10.7. The van der Waals surface area contributed by atoms with Crippen LogP contribution in [0.15, 0.2) is 40.0 Å². The Kier molecular flexibility index (Phi) is 10.5. The molecule has 170 valence electrons. The highest BCUT2D eigenvalue weighted by Crippen LogP contribution is 2.28. The summed E-state index contributed by atoms with van der Waals surface area (Å²) in [6.07, 6.45) is 8.06. The second-order valence-electron chi connectivity index (χ2n) is 7.27. The van der Waals surface area contributed by atoms with Crippen molar-refractivity contribution in [2.45, 2.75) is 53.4 Å². The maximum absolute atomic E-state index is 6.02. The number of hydrogen-bond donors (Lipinski definition) is 0. The molecule has 0 atom stereocenters. The van der Waals surface area contributed by atoms with Crippen molar-refractivity contribution in [2.75, 3.05) is 26.9 Å². The molecule has 7 heteroatoms. The molecule has 0 amide bonds. The van der Waals surface area contributed by atoms with E-state index in [2.05, 4.69) is 24.2 Å². The van der Waals surface area contributed by atoms with E-state index >= 15 is 0 Å². The van der Waals surface area contributed by atoms with Crippen LogP contribution in [0.25, 0.3) is 0 Å². The molecule has 0 aliphatic carbocycles. The van der Waals surface area contributed by atoms with E-state index in [0.29, 0.717) is 37.2 Å². The molecule has 0 saturated heterocycles. The van der Waals surface area contributed by atoms with Gasteiger partial charge in [-0.05, 0) is 81.8 Å². The molecular formula is C24H34N2O5. The number of hydrogen-bond acceptors (Lipinski definition) is 7. The van der Waals surface area contributed by atoms with E-state index in [-0.39, 0.29) is 0 Å². The van der Waals surface area contributed by atoms with Crippen LogP contribution in [-0.4, -0.2) is 37.8 Å². The van der Waals surface area contributed by atoms with Crippen molar-refractivity contribution < 1.29 is 23.6 Å². The number of allylic oxidation sites excluding steroid dienone is 1. The molecule has 1 aromatic carbocycles. The third-order valence-electron chi connectivity index (χ3n) is 4.62. The van der Waals surface area contributed by atoms with Gasteiger partial charge in [-0.1, -0.05) is 17.3 Å². The minimum absolute atomic E-state index is 0.466. The lowest BCUT2D eigenvalue weighted by molar-refractivity contribution is 0.212. The molecule has 0 unspecified atom stereocenters. The van der Waals surface area contributed by atoms with Crippen LogP contribution < -0.4 is 14.2 Å². The number of oxime groups is 1. The van der Waals surface area contributed by atoms with E-state index in [0.717, 1.165) is 48.3 Å². The minimum atomic E-state index is 0.466. The molecule has 0 aliphatic heterocycles. The number of rotatable bonds is 14. The summed E-state index contributed by atoms with van der Waals surface area (Å²) in [6, 6.07) is 5.77. The number of ether oxygens (including phenoxy) is 3. The van der Waals surface area contributed by atoms with Gasteiger partial charge in [0.2, 0.25) is 0 Å². The highest BCUT2D eigenvalue weighted by molar-refractivity contribution is 5.95. The summed E-state index contributed by atoms with van der Waals surface area (Å²) < 4.78 is 22.5. The Bertz CT molecular complexity index is 834. The molecule has 2 rings (SSSR count). The van der Waals surface area contributed by atoms with Crippen molar-refractivity contribution in [3.8, 4) is 17.4 Å². The van der Waals surface area contributed by atoms with Crippen LogP contribution in [0.3, 0.4) is 0 Å². The second-order valence-corrected chi connectivity index (χ2v) is 7.27. The first-order chi connectivity index (χ1) is 15.0. The fourth-order valence-corrected chi connectivity index (χ4v) is 3.05. The van der Waals surface area contributed by atoms with E-state index < -0.39 is 0 Å². The van der Waals surface area contributed by atoms with Gasteiger partial charge in [0.05, 0.1) is 19.3 Å². The van der Waals surface area contributed by atoms with Crippen molar-refractivity contribution in [2.24, 2.45) is 5.16 Å². The van der Waals surface area contributed by atoms with Gasteiger partial charge in [0.15, 0.2) is 5.76 Å². The summed E-state index contributed by atoms with van der Waals surface area (Å²) >= 11 is 0. The van der Waals surface area contributed by atoms with Gasteiger partial charge in [-0.3, -0.25) is 0 Å². The predicted molar refractivity (Wildman–Crippen MR) is 121 cm³/mol. The number of aryl methyl sites for hydroxylation is 2. The van der Waals surface area contributed by atoms with E-state index in [1.54, 1.807) is 13.0 Å². The van der Waals surface area contributed by atoms with E-state index in [1.807, 2.05) is 31.2 Å². The Morgan fingerprint density at radius 3 is 2.32 bits per heavy atom. The third kappa shape index (κ3) is 8.36. The van der Waals surface area contributed by atoms with Crippen molar-refractivity contribution in [1.82, 2.24) is 5.16 Å². The lowest BCUT2D eigenvalue weighted by Crippen LogP contribution is -2.03. The zero-order valence-corrected chi connectivity index (χ0v) is 19.3. The van der Waals surface area contributed by atoms with Crippen LogP contribution >= 0.6 is 0 Å². The second kappa shape index (κ2) is 13.4.